The molecule has 0 unspecified atom stereocenters. The molecule has 0 amide bonds. The van der Waals surface area contributed by atoms with Crippen LogP contribution < -0.4 is 10.5 Å². The molecule has 0 spiro atoms. The van der Waals surface area contributed by atoms with Crippen LogP contribution in [-0.2, 0) is 0 Å². The summed E-state index contributed by atoms with van der Waals surface area (Å²) in [5.41, 5.74) is 10.8. The molecule has 0 atom stereocenters. The normalized spacial score (nSPS) is 11.2. The average molecular weight is 398 g/mol. The van der Waals surface area contributed by atoms with Crippen LogP contribution in [0.25, 0.3) is 33.3 Å². The minimum Gasteiger partial charge on any atom is -0.496 e. The number of para-hydroxylation sites is 3. The van der Waals surface area contributed by atoms with Gasteiger partial charge in [0.05, 0.1) is 39.8 Å². The molecule has 0 bridgehead atoms. The van der Waals surface area contributed by atoms with Gasteiger partial charge in [0.2, 0.25) is 0 Å². The second-order valence-corrected chi connectivity index (χ2v) is 7.68. The molecule has 3 N–H and O–H groups in total. The second-order valence-electron chi connectivity index (χ2n) is 6.59. The van der Waals surface area contributed by atoms with E-state index in [9.17, 15) is 0 Å². The number of anilines is 1. The molecular formula is C23H18N4OS. The van der Waals surface area contributed by atoms with Crippen molar-refractivity contribution < 1.29 is 4.74 Å². The van der Waals surface area contributed by atoms with E-state index in [1.54, 1.807) is 25.1 Å². The first-order valence-corrected chi connectivity index (χ1v) is 9.99. The summed E-state index contributed by atoms with van der Waals surface area (Å²) in [6.45, 7) is 0. The highest BCUT2D eigenvalue weighted by atomic mass is 32.2. The number of nitrogens with two attached hydrogens (primary N) is 1. The molecular weight excluding hydrogens is 380 g/mol. The van der Waals surface area contributed by atoms with Gasteiger partial charge in [0.25, 0.3) is 0 Å². The van der Waals surface area contributed by atoms with E-state index in [0.29, 0.717) is 5.69 Å². The Bertz CT molecular complexity index is 1310. The van der Waals surface area contributed by atoms with Crippen molar-refractivity contribution in [1.29, 1.82) is 0 Å². The molecule has 0 radical (unpaired) electrons. The van der Waals surface area contributed by atoms with E-state index >= 15 is 0 Å². The number of H-pyrrole nitrogens is 1. The van der Waals surface area contributed by atoms with Crippen LogP contribution in [0.15, 0.2) is 82.7 Å². The molecule has 0 saturated carbocycles. The molecule has 5 nitrogen and oxygen atoms in total. The Morgan fingerprint density at radius 1 is 0.897 bits per heavy atom. The van der Waals surface area contributed by atoms with Crippen molar-refractivity contribution in [2.45, 2.75) is 9.79 Å². The van der Waals surface area contributed by atoms with Crippen molar-refractivity contribution in [2.24, 2.45) is 0 Å². The van der Waals surface area contributed by atoms with Crippen molar-refractivity contribution in [3.63, 3.8) is 0 Å². The number of hydrogen-bond acceptors (Lipinski definition) is 5. The van der Waals surface area contributed by atoms with Crippen LogP contribution in [-0.4, -0.2) is 22.1 Å². The lowest BCUT2D eigenvalue weighted by atomic mass is 10.1. The molecule has 142 valence electrons. The van der Waals surface area contributed by atoms with Crippen molar-refractivity contribution in [3.05, 3.63) is 72.9 Å². The lowest BCUT2D eigenvalue weighted by Crippen LogP contribution is -1.96. The number of aromatic nitrogens is 3. The number of rotatable bonds is 4. The minimum atomic E-state index is 0.659. The fourth-order valence-corrected chi connectivity index (χ4v) is 4.51. The predicted molar refractivity (Wildman–Crippen MR) is 118 cm³/mol. The topological polar surface area (TPSA) is 76.8 Å². The first kappa shape index (κ1) is 17.6. The maximum atomic E-state index is 6.65. The van der Waals surface area contributed by atoms with Crippen molar-refractivity contribution >= 4 is 39.4 Å². The molecule has 0 aliphatic rings. The lowest BCUT2D eigenvalue weighted by Gasteiger charge is -2.12. The van der Waals surface area contributed by atoms with Crippen LogP contribution >= 0.6 is 11.8 Å². The minimum absolute atomic E-state index is 0.659. The van der Waals surface area contributed by atoms with Crippen molar-refractivity contribution in [1.82, 2.24) is 15.0 Å². The highest BCUT2D eigenvalue weighted by Crippen LogP contribution is 2.41. The molecule has 2 aromatic heterocycles. The molecule has 29 heavy (non-hydrogen) atoms. The standard InChI is InChI=1S/C23H18N4OS/c1-28-18-10-4-5-11-19(18)29-20-12-6-9-17-21(20)22(24)14(13-25-17)23-26-15-7-2-3-8-16(15)27-23/h2-13H,1H3,(H2,24,25)(H,26,27). The van der Waals surface area contributed by atoms with Gasteiger partial charge in [-0.05, 0) is 36.4 Å². The molecule has 3 aromatic carbocycles. The monoisotopic (exact) mass is 398 g/mol. The Balaban J connectivity index is 1.67. The summed E-state index contributed by atoms with van der Waals surface area (Å²) in [5.74, 6) is 1.55. The number of hydrogen-bond donors (Lipinski definition) is 2. The Labute approximate surface area is 171 Å². The van der Waals surface area contributed by atoms with Gasteiger partial charge < -0.3 is 15.5 Å². The first-order valence-electron chi connectivity index (χ1n) is 9.18. The number of nitrogens with zero attached hydrogens (tertiary/aromatic N) is 2. The van der Waals surface area contributed by atoms with Gasteiger partial charge in [0.1, 0.15) is 11.6 Å². The highest BCUT2D eigenvalue weighted by molar-refractivity contribution is 7.99. The van der Waals surface area contributed by atoms with Gasteiger partial charge in [-0.15, -0.1) is 0 Å². The molecule has 0 saturated heterocycles. The maximum Gasteiger partial charge on any atom is 0.142 e. The summed E-state index contributed by atoms with van der Waals surface area (Å²) in [6, 6.07) is 21.9. The molecule has 0 fully saturated rings. The summed E-state index contributed by atoms with van der Waals surface area (Å²) in [7, 11) is 1.68. The third-order valence-corrected chi connectivity index (χ3v) is 5.95. The van der Waals surface area contributed by atoms with Crippen LogP contribution in [0.1, 0.15) is 0 Å². The summed E-state index contributed by atoms with van der Waals surface area (Å²) in [4.78, 5) is 14.7. The van der Waals surface area contributed by atoms with Gasteiger partial charge in [-0.1, -0.05) is 42.1 Å². The van der Waals surface area contributed by atoms with Gasteiger partial charge in [0.15, 0.2) is 0 Å². The number of methoxy groups -OCH3 is 1. The van der Waals surface area contributed by atoms with E-state index < -0.39 is 0 Å². The van der Waals surface area contributed by atoms with Crippen LogP contribution in [0.5, 0.6) is 5.75 Å². The van der Waals surface area contributed by atoms with Crippen LogP contribution in [0.3, 0.4) is 0 Å². The van der Waals surface area contributed by atoms with E-state index in [2.05, 4.69) is 21.0 Å². The number of pyridine rings is 1. The first-order chi connectivity index (χ1) is 14.2. The van der Waals surface area contributed by atoms with E-state index in [1.165, 1.54) is 0 Å². The molecule has 2 heterocycles. The molecule has 0 aliphatic carbocycles. The van der Waals surface area contributed by atoms with E-state index in [-0.39, 0.29) is 0 Å². The summed E-state index contributed by atoms with van der Waals surface area (Å²) < 4.78 is 5.50. The number of nitrogens with one attached hydrogen (secondary N) is 1. The number of ether oxygens (including phenoxy) is 1. The molecule has 5 aromatic rings. The number of fused-ring (bicyclic) bond motifs is 2. The van der Waals surface area contributed by atoms with Crippen LogP contribution in [0.4, 0.5) is 5.69 Å². The number of nitrogen functional groups attached to an aromatic ring is 1. The zero-order valence-corrected chi connectivity index (χ0v) is 16.5. The van der Waals surface area contributed by atoms with E-state index in [0.717, 1.165) is 48.9 Å². The number of imidazole rings is 1. The fraction of sp³-hybridized carbons (Fsp3) is 0.0435. The smallest absolute Gasteiger partial charge is 0.142 e. The van der Waals surface area contributed by atoms with Crippen LogP contribution in [0.2, 0.25) is 0 Å². The number of aromatic amines is 1. The zero-order chi connectivity index (χ0) is 19.8. The summed E-state index contributed by atoms with van der Waals surface area (Å²) in [5, 5.41) is 0.918. The molecule has 5 rings (SSSR count). The SMILES string of the molecule is COc1ccccc1Sc1cccc2ncc(-c3nc4ccccc4[nH]3)c(N)c12. The summed E-state index contributed by atoms with van der Waals surface area (Å²) >= 11 is 1.62. The van der Waals surface area contributed by atoms with Gasteiger partial charge in [-0.2, -0.15) is 0 Å². The van der Waals surface area contributed by atoms with Gasteiger partial charge in [-0.25, -0.2) is 4.98 Å². The Hall–Kier alpha value is -3.51. The average Bonchev–Trinajstić information content (AvgIpc) is 3.18. The largest absolute Gasteiger partial charge is 0.496 e. The van der Waals surface area contributed by atoms with Gasteiger partial charge in [0, 0.05) is 16.5 Å². The van der Waals surface area contributed by atoms with Crippen LogP contribution in [0, 0.1) is 0 Å². The van der Waals surface area contributed by atoms with Gasteiger partial charge in [-0.3, -0.25) is 4.98 Å². The van der Waals surface area contributed by atoms with E-state index in [1.807, 2.05) is 60.7 Å². The second kappa shape index (κ2) is 7.14. The quantitative estimate of drug-likeness (QED) is 0.417. The molecule has 6 heteroatoms. The molecule has 0 aliphatic heterocycles. The van der Waals surface area contributed by atoms with Crippen molar-refractivity contribution in [3.8, 4) is 17.1 Å². The highest BCUT2D eigenvalue weighted by Gasteiger charge is 2.16. The van der Waals surface area contributed by atoms with Crippen molar-refractivity contribution in [2.75, 3.05) is 12.8 Å². The number of benzene rings is 3. The lowest BCUT2D eigenvalue weighted by molar-refractivity contribution is 0.405. The van der Waals surface area contributed by atoms with E-state index in [4.69, 9.17) is 10.5 Å². The Kier molecular flexibility index (Phi) is 4.33. The third kappa shape index (κ3) is 3.07. The Morgan fingerprint density at radius 3 is 2.52 bits per heavy atom. The Morgan fingerprint density at radius 2 is 1.66 bits per heavy atom. The van der Waals surface area contributed by atoms with Gasteiger partial charge >= 0.3 is 0 Å². The summed E-state index contributed by atoms with van der Waals surface area (Å²) in [6.07, 6.45) is 1.78. The zero-order valence-electron chi connectivity index (χ0n) is 15.7. The fourth-order valence-electron chi connectivity index (χ4n) is 3.41. The predicted octanol–water partition coefficient (Wildman–Crippen LogP) is 5.52. The third-order valence-electron chi connectivity index (χ3n) is 4.83. The maximum absolute atomic E-state index is 6.65.